The number of carbonyl (C=O) groups excluding carboxylic acids is 5. The van der Waals surface area contributed by atoms with Crippen molar-refractivity contribution in [3.8, 4) is 5.75 Å². The second kappa shape index (κ2) is 15.9. The fourth-order valence-electron chi connectivity index (χ4n) is 4.65. The zero-order valence-corrected chi connectivity index (χ0v) is 25.7. The Hall–Kier alpha value is -4.45. The molecule has 0 bridgehead atoms. The summed E-state index contributed by atoms with van der Waals surface area (Å²) >= 11 is 0. The molecule has 0 saturated carbocycles. The maximum atomic E-state index is 12.2. The fourth-order valence-corrected chi connectivity index (χ4v) is 4.65. The normalized spacial score (nSPS) is 21.0. The molecule has 0 aliphatic carbocycles. The van der Waals surface area contributed by atoms with Gasteiger partial charge in [-0.15, -0.1) is 0 Å². The van der Waals surface area contributed by atoms with Gasteiger partial charge in [0.15, 0.2) is 12.2 Å². The largest absolute Gasteiger partial charge is 0.463 e. The molecular formula is C32H38O12. The van der Waals surface area contributed by atoms with Crippen LogP contribution in [0.5, 0.6) is 5.75 Å². The molecule has 1 heterocycles. The average Bonchev–Trinajstić information content (AvgIpc) is 2.94. The lowest BCUT2D eigenvalue weighted by molar-refractivity contribution is -0.288. The van der Waals surface area contributed by atoms with Gasteiger partial charge in [-0.25, -0.2) is 0 Å². The van der Waals surface area contributed by atoms with Crippen molar-refractivity contribution in [2.75, 3.05) is 6.61 Å². The lowest BCUT2D eigenvalue weighted by Crippen LogP contribution is -2.63. The summed E-state index contributed by atoms with van der Waals surface area (Å²) in [6.07, 6.45) is -5.34. The number of hydrogen-bond acceptors (Lipinski definition) is 12. The van der Waals surface area contributed by atoms with Gasteiger partial charge in [-0.2, -0.15) is 0 Å². The summed E-state index contributed by atoms with van der Waals surface area (Å²) in [7, 11) is 0. The number of ether oxygens (including phenoxy) is 7. The van der Waals surface area contributed by atoms with Crippen LogP contribution in [-0.2, 0) is 71.8 Å². The number of rotatable bonds is 12. The molecule has 1 aliphatic rings. The maximum Gasteiger partial charge on any atom is 0.303 e. The molecule has 0 N–H and O–H groups in total. The molecular weight excluding hydrogens is 576 g/mol. The van der Waals surface area contributed by atoms with Crippen LogP contribution >= 0.6 is 0 Å². The smallest absolute Gasteiger partial charge is 0.303 e. The summed E-state index contributed by atoms with van der Waals surface area (Å²) in [4.78, 5) is 59.6. The lowest BCUT2D eigenvalue weighted by Gasteiger charge is -2.44. The van der Waals surface area contributed by atoms with E-state index in [0.717, 1.165) is 32.8 Å². The van der Waals surface area contributed by atoms with Gasteiger partial charge in [0, 0.05) is 41.0 Å². The lowest BCUT2D eigenvalue weighted by atomic mass is 9.97. The standard InChI is InChI=1S/C32H38O12/c1-7-23-8-10-24(11-9-23)14-26-13-12-25(16-38-18(2)33)15-27(26)43-32-31(42-22(6)37)30(41-21(5)36)29(40-20(4)35)28(44-32)17-39-19(3)34/h8-13,15,28-32H,7,14,16-17H2,1-6H3/t28-,29-,30+,31-,32?/m1/s1. The first kappa shape index (κ1) is 34.0. The predicted octanol–water partition coefficient (Wildman–Crippen LogP) is 3.36. The van der Waals surface area contributed by atoms with E-state index >= 15 is 0 Å². The molecule has 5 atom stereocenters. The molecule has 1 unspecified atom stereocenters. The maximum absolute atomic E-state index is 12.2. The fraction of sp³-hybridized carbons (Fsp3) is 0.469. The van der Waals surface area contributed by atoms with Gasteiger partial charge in [-0.1, -0.05) is 43.3 Å². The molecule has 0 aromatic heterocycles. The van der Waals surface area contributed by atoms with E-state index in [-0.39, 0.29) is 13.2 Å². The average molecular weight is 615 g/mol. The second-order valence-electron chi connectivity index (χ2n) is 10.3. The van der Waals surface area contributed by atoms with Gasteiger partial charge in [0.2, 0.25) is 12.4 Å². The van der Waals surface area contributed by atoms with Gasteiger partial charge in [-0.05, 0) is 34.7 Å². The zero-order chi connectivity index (χ0) is 32.4. The molecule has 3 rings (SSSR count). The first-order chi connectivity index (χ1) is 20.9. The molecule has 0 radical (unpaired) electrons. The minimum absolute atomic E-state index is 0.0320. The molecule has 1 fully saturated rings. The van der Waals surface area contributed by atoms with Crippen LogP contribution < -0.4 is 4.74 Å². The Morgan fingerprint density at radius 1 is 0.659 bits per heavy atom. The van der Waals surface area contributed by atoms with Crippen LogP contribution in [0.4, 0.5) is 0 Å². The highest BCUT2D eigenvalue weighted by Crippen LogP contribution is 2.33. The first-order valence-corrected chi connectivity index (χ1v) is 14.2. The molecule has 0 spiro atoms. The van der Waals surface area contributed by atoms with Gasteiger partial charge in [0.05, 0.1) is 0 Å². The van der Waals surface area contributed by atoms with Crippen LogP contribution in [0.1, 0.15) is 63.8 Å². The Kier molecular flexibility index (Phi) is 12.3. The summed E-state index contributed by atoms with van der Waals surface area (Å²) < 4.78 is 39.3. The van der Waals surface area contributed by atoms with Crippen molar-refractivity contribution >= 4 is 29.8 Å². The van der Waals surface area contributed by atoms with E-state index in [9.17, 15) is 24.0 Å². The van der Waals surface area contributed by atoms with Crippen molar-refractivity contribution in [3.63, 3.8) is 0 Å². The van der Waals surface area contributed by atoms with E-state index in [1.165, 1.54) is 19.4 Å². The molecule has 2 aromatic rings. The molecule has 12 heteroatoms. The third-order valence-corrected chi connectivity index (χ3v) is 6.59. The topological polar surface area (TPSA) is 150 Å². The van der Waals surface area contributed by atoms with Crippen molar-refractivity contribution in [2.24, 2.45) is 0 Å². The molecule has 1 saturated heterocycles. The summed E-state index contributed by atoms with van der Waals surface area (Å²) in [5.74, 6) is -3.03. The molecule has 1 aliphatic heterocycles. The SMILES string of the molecule is CCc1ccc(Cc2ccc(COC(C)=O)cc2OC2O[C@H](COC(C)=O)[C@@H](OC(C)=O)[C@H](OC(C)=O)[C@H]2OC(C)=O)cc1. The van der Waals surface area contributed by atoms with E-state index in [4.69, 9.17) is 33.2 Å². The van der Waals surface area contributed by atoms with Gasteiger partial charge >= 0.3 is 29.8 Å². The number of aryl methyl sites for hydroxylation is 1. The van der Waals surface area contributed by atoms with Crippen LogP contribution in [0.3, 0.4) is 0 Å². The summed E-state index contributed by atoms with van der Waals surface area (Å²) in [5.41, 5.74) is 3.49. The first-order valence-electron chi connectivity index (χ1n) is 14.2. The highest BCUT2D eigenvalue weighted by atomic mass is 16.7. The summed E-state index contributed by atoms with van der Waals surface area (Å²) in [6.45, 7) is 7.57. The van der Waals surface area contributed by atoms with Gasteiger partial charge < -0.3 is 33.2 Å². The molecule has 0 amide bonds. The van der Waals surface area contributed by atoms with Gasteiger partial charge in [0.1, 0.15) is 25.1 Å². The molecule has 44 heavy (non-hydrogen) atoms. The Bertz CT molecular complexity index is 1340. The van der Waals surface area contributed by atoms with Crippen molar-refractivity contribution in [1.29, 1.82) is 0 Å². The van der Waals surface area contributed by atoms with Crippen LogP contribution in [0, 0.1) is 0 Å². The predicted molar refractivity (Wildman–Crippen MR) is 153 cm³/mol. The Balaban J connectivity index is 2.07. The van der Waals surface area contributed by atoms with Crippen LogP contribution in [-0.4, -0.2) is 67.2 Å². The summed E-state index contributed by atoms with van der Waals surface area (Å²) in [5, 5.41) is 0. The Labute approximate surface area is 255 Å². The number of esters is 5. The van der Waals surface area contributed by atoms with Crippen molar-refractivity contribution < 1.29 is 57.1 Å². The van der Waals surface area contributed by atoms with Gasteiger partial charge in [-0.3, -0.25) is 24.0 Å². The van der Waals surface area contributed by atoms with E-state index in [1.54, 1.807) is 12.1 Å². The molecule has 238 valence electrons. The van der Waals surface area contributed by atoms with E-state index in [0.29, 0.717) is 23.3 Å². The highest BCUT2D eigenvalue weighted by molar-refractivity contribution is 5.69. The Morgan fingerprint density at radius 3 is 1.77 bits per heavy atom. The number of hydrogen-bond donors (Lipinski definition) is 0. The molecule has 12 nitrogen and oxygen atoms in total. The van der Waals surface area contributed by atoms with E-state index in [2.05, 4.69) is 6.92 Å². The minimum Gasteiger partial charge on any atom is -0.463 e. The van der Waals surface area contributed by atoms with E-state index < -0.39 is 60.6 Å². The Morgan fingerprint density at radius 2 is 1.20 bits per heavy atom. The van der Waals surface area contributed by atoms with Crippen LogP contribution in [0.2, 0.25) is 0 Å². The zero-order valence-electron chi connectivity index (χ0n) is 25.7. The quantitative estimate of drug-likeness (QED) is 0.255. The van der Waals surface area contributed by atoms with E-state index in [1.807, 2.05) is 30.3 Å². The minimum atomic E-state index is -1.42. The van der Waals surface area contributed by atoms with Crippen LogP contribution in [0.15, 0.2) is 42.5 Å². The second-order valence-corrected chi connectivity index (χ2v) is 10.3. The van der Waals surface area contributed by atoms with Gasteiger partial charge in [0.25, 0.3) is 0 Å². The van der Waals surface area contributed by atoms with Crippen molar-refractivity contribution in [1.82, 2.24) is 0 Å². The monoisotopic (exact) mass is 614 g/mol. The molecule has 2 aromatic carbocycles. The van der Waals surface area contributed by atoms with Crippen molar-refractivity contribution in [2.45, 2.75) is 91.7 Å². The third kappa shape index (κ3) is 10.1. The van der Waals surface area contributed by atoms with Crippen LogP contribution in [0.25, 0.3) is 0 Å². The summed E-state index contributed by atoms with van der Waals surface area (Å²) in [6, 6.07) is 13.3. The number of benzene rings is 2. The highest BCUT2D eigenvalue weighted by Gasteiger charge is 2.53. The third-order valence-electron chi connectivity index (χ3n) is 6.59. The van der Waals surface area contributed by atoms with Crippen molar-refractivity contribution in [3.05, 3.63) is 64.7 Å². The number of carbonyl (C=O) groups is 5.